The molecular formula is C22H19Cl2N3O6S. The Balaban J connectivity index is 1.39. The van der Waals surface area contributed by atoms with Crippen LogP contribution in [0, 0.1) is 0 Å². The molecule has 0 spiro atoms. The van der Waals surface area contributed by atoms with Gasteiger partial charge in [-0.3, -0.25) is 14.5 Å². The molecule has 0 aliphatic carbocycles. The molecule has 3 unspecified atom stereocenters. The van der Waals surface area contributed by atoms with Crippen LogP contribution < -0.4 is 10.6 Å². The van der Waals surface area contributed by atoms with Crippen LogP contribution in [0.5, 0.6) is 0 Å². The van der Waals surface area contributed by atoms with Gasteiger partial charge in [0.2, 0.25) is 5.91 Å². The predicted octanol–water partition coefficient (Wildman–Crippen LogP) is 3.25. The summed E-state index contributed by atoms with van der Waals surface area (Å²) in [6.07, 6.45) is -0.558. The Kier molecular flexibility index (Phi) is 7.20. The minimum Gasteiger partial charge on any atom is -0.480 e. The summed E-state index contributed by atoms with van der Waals surface area (Å²) in [6.45, 7) is 0.210. The summed E-state index contributed by atoms with van der Waals surface area (Å²) in [5, 5.41) is 15.0. The third kappa shape index (κ3) is 5.08. The summed E-state index contributed by atoms with van der Waals surface area (Å²) in [7, 11) is 0. The van der Waals surface area contributed by atoms with Gasteiger partial charge < -0.3 is 20.5 Å². The zero-order valence-electron chi connectivity index (χ0n) is 17.5. The number of hydrogen-bond donors (Lipinski definition) is 3. The standard InChI is InChI=1S/C22H19Cl2N3O6S/c23-13-2-1-3-14(24)18(13)20(29)25-12-6-4-11(5-7-12)8-15(21(30)31)26-19(28)16-10-34-17-9-33-22(32)27(16)17/h1-7,15-17H,8-10H2,(H,25,29)(H,26,28)(H,30,31). The third-order valence-electron chi connectivity index (χ3n) is 5.41. The summed E-state index contributed by atoms with van der Waals surface area (Å²) in [5.74, 6) is -1.85. The Morgan fingerprint density at radius 1 is 1.15 bits per heavy atom. The molecule has 3 amide bonds. The Morgan fingerprint density at radius 2 is 1.82 bits per heavy atom. The van der Waals surface area contributed by atoms with Crippen LogP contribution in [-0.2, 0) is 20.7 Å². The van der Waals surface area contributed by atoms with Crippen LogP contribution in [0.15, 0.2) is 42.5 Å². The summed E-state index contributed by atoms with van der Waals surface area (Å²) < 4.78 is 4.95. The first-order valence-corrected chi connectivity index (χ1v) is 12.0. The first-order valence-electron chi connectivity index (χ1n) is 10.2. The fraction of sp³-hybridized carbons (Fsp3) is 0.273. The summed E-state index contributed by atoms with van der Waals surface area (Å²) in [5.41, 5.74) is 1.24. The third-order valence-corrected chi connectivity index (χ3v) is 7.30. The molecule has 2 saturated heterocycles. The zero-order valence-corrected chi connectivity index (χ0v) is 19.8. The van der Waals surface area contributed by atoms with Gasteiger partial charge >= 0.3 is 12.1 Å². The molecule has 0 radical (unpaired) electrons. The number of amides is 3. The number of anilines is 1. The number of carboxylic acid groups (broad SMARTS) is 1. The lowest BCUT2D eigenvalue weighted by atomic mass is 10.0. The highest BCUT2D eigenvalue weighted by atomic mass is 35.5. The molecule has 9 nitrogen and oxygen atoms in total. The number of benzene rings is 2. The van der Waals surface area contributed by atoms with Gasteiger partial charge in [-0.2, -0.15) is 0 Å². The normalized spacial score (nSPS) is 19.8. The Bertz CT molecular complexity index is 1130. The van der Waals surface area contributed by atoms with E-state index >= 15 is 0 Å². The van der Waals surface area contributed by atoms with Crippen LogP contribution in [0.3, 0.4) is 0 Å². The van der Waals surface area contributed by atoms with Gasteiger partial charge in [0.15, 0.2) is 0 Å². The van der Waals surface area contributed by atoms with Crippen molar-refractivity contribution in [2.75, 3.05) is 17.7 Å². The molecule has 0 saturated carbocycles. The summed E-state index contributed by atoms with van der Waals surface area (Å²) in [6, 6.07) is 9.28. The summed E-state index contributed by atoms with van der Waals surface area (Å²) in [4.78, 5) is 50.2. The number of carbonyl (C=O) groups excluding carboxylic acids is 3. The first-order chi connectivity index (χ1) is 16.2. The fourth-order valence-corrected chi connectivity index (χ4v) is 5.54. The topological polar surface area (TPSA) is 125 Å². The van der Waals surface area contributed by atoms with Gasteiger partial charge in [-0.15, -0.1) is 11.8 Å². The van der Waals surface area contributed by atoms with Crippen molar-refractivity contribution >= 4 is 64.5 Å². The lowest BCUT2D eigenvalue weighted by molar-refractivity contribution is -0.142. The van der Waals surface area contributed by atoms with Gasteiger partial charge in [0.25, 0.3) is 5.91 Å². The van der Waals surface area contributed by atoms with E-state index in [2.05, 4.69) is 10.6 Å². The van der Waals surface area contributed by atoms with Crippen LogP contribution in [0.2, 0.25) is 10.0 Å². The van der Waals surface area contributed by atoms with E-state index in [0.717, 1.165) is 0 Å². The lowest BCUT2D eigenvalue weighted by Gasteiger charge is -2.22. The minimum absolute atomic E-state index is 0.0133. The molecule has 2 aliphatic rings. The van der Waals surface area contributed by atoms with Crippen molar-refractivity contribution in [2.45, 2.75) is 23.9 Å². The van der Waals surface area contributed by atoms with E-state index in [1.54, 1.807) is 42.5 Å². The van der Waals surface area contributed by atoms with Gasteiger partial charge in [0, 0.05) is 17.9 Å². The molecule has 3 atom stereocenters. The van der Waals surface area contributed by atoms with Gasteiger partial charge in [0.1, 0.15) is 24.1 Å². The van der Waals surface area contributed by atoms with Gasteiger partial charge in [-0.25, -0.2) is 9.59 Å². The van der Waals surface area contributed by atoms with E-state index in [0.29, 0.717) is 17.0 Å². The van der Waals surface area contributed by atoms with Gasteiger partial charge in [-0.1, -0.05) is 41.4 Å². The molecule has 2 heterocycles. The SMILES string of the molecule is O=C(Nc1ccc(CC(NC(=O)C2CSC3COC(=O)N32)C(=O)O)cc1)c1c(Cl)cccc1Cl. The van der Waals surface area contributed by atoms with E-state index in [4.69, 9.17) is 27.9 Å². The van der Waals surface area contributed by atoms with Crippen LogP contribution >= 0.6 is 35.0 Å². The molecular weight excluding hydrogens is 505 g/mol. The van der Waals surface area contributed by atoms with Crippen molar-refractivity contribution in [1.82, 2.24) is 10.2 Å². The molecule has 4 rings (SSSR count). The average Bonchev–Trinajstić information content (AvgIpc) is 3.37. The molecule has 0 bridgehead atoms. The van der Waals surface area contributed by atoms with E-state index < -0.39 is 36.0 Å². The number of carbonyl (C=O) groups is 4. The van der Waals surface area contributed by atoms with Crippen molar-refractivity contribution in [3.63, 3.8) is 0 Å². The van der Waals surface area contributed by atoms with E-state index in [1.165, 1.54) is 16.7 Å². The number of rotatable bonds is 7. The van der Waals surface area contributed by atoms with Crippen LogP contribution in [-0.4, -0.2) is 63.7 Å². The van der Waals surface area contributed by atoms with Crippen LogP contribution in [0.4, 0.5) is 10.5 Å². The average molecular weight is 524 g/mol. The number of nitrogens with one attached hydrogen (secondary N) is 2. The van der Waals surface area contributed by atoms with Crippen LogP contribution in [0.1, 0.15) is 15.9 Å². The number of fused-ring (bicyclic) bond motifs is 1. The number of carboxylic acids is 1. The zero-order chi connectivity index (χ0) is 24.4. The lowest BCUT2D eigenvalue weighted by Crippen LogP contribution is -2.52. The molecule has 178 valence electrons. The number of thioether (sulfide) groups is 1. The number of aliphatic carboxylic acids is 1. The van der Waals surface area contributed by atoms with E-state index in [1.807, 2.05) is 0 Å². The number of ether oxygens (including phenoxy) is 1. The highest BCUT2D eigenvalue weighted by molar-refractivity contribution is 8.00. The molecule has 2 fully saturated rings. The minimum atomic E-state index is -1.20. The molecule has 2 aliphatic heterocycles. The highest BCUT2D eigenvalue weighted by Gasteiger charge is 2.47. The Hall–Kier alpha value is -2.95. The van der Waals surface area contributed by atoms with Gasteiger partial charge in [-0.05, 0) is 29.8 Å². The Morgan fingerprint density at radius 3 is 2.47 bits per heavy atom. The van der Waals surface area contributed by atoms with Gasteiger partial charge in [0.05, 0.1) is 15.6 Å². The highest BCUT2D eigenvalue weighted by Crippen LogP contribution is 2.34. The monoisotopic (exact) mass is 523 g/mol. The summed E-state index contributed by atoms with van der Waals surface area (Å²) >= 11 is 13.5. The molecule has 12 heteroatoms. The maximum Gasteiger partial charge on any atom is 0.411 e. The fourth-order valence-electron chi connectivity index (χ4n) is 3.69. The number of halogens is 2. The van der Waals surface area contributed by atoms with Crippen molar-refractivity contribution in [3.05, 3.63) is 63.6 Å². The maximum absolute atomic E-state index is 12.7. The molecule has 34 heavy (non-hydrogen) atoms. The number of nitrogens with zero attached hydrogens (tertiary/aromatic N) is 1. The van der Waals surface area contributed by atoms with Crippen molar-refractivity contribution < 1.29 is 29.0 Å². The van der Waals surface area contributed by atoms with Crippen molar-refractivity contribution in [2.24, 2.45) is 0 Å². The van der Waals surface area contributed by atoms with Crippen molar-refractivity contribution in [1.29, 1.82) is 0 Å². The van der Waals surface area contributed by atoms with E-state index in [9.17, 15) is 24.3 Å². The second kappa shape index (κ2) is 10.1. The Labute approximate surface area is 208 Å². The van der Waals surface area contributed by atoms with Crippen LogP contribution in [0.25, 0.3) is 0 Å². The molecule has 0 aromatic heterocycles. The quantitative estimate of drug-likeness (QED) is 0.508. The second-order valence-corrected chi connectivity index (χ2v) is 9.66. The largest absolute Gasteiger partial charge is 0.480 e. The van der Waals surface area contributed by atoms with Crippen molar-refractivity contribution in [3.8, 4) is 0 Å². The molecule has 2 aromatic carbocycles. The second-order valence-electron chi connectivity index (χ2n) is 7.64. The predicted molar refractivity (Wildman–Crippen MR) is 127 cm³/mol. The first kappa shape index (κ1) is 24.2. The number of hydrogen-bond acceptors (Lipinski definition) is 6. The molecule has 2 aromatic rings. The molecule has 3 N–H and O–H groups in total. The number of cyclic esters (lactones) is 1. The van der Waals surface area contributed by atoms with E-state index in [-0.39, 0.29) is 34.0 Å². The maximum atomic E-state index is 12.7. The smallest absolute Gasteiger partial charge is 0.411 e.